The van der Waals surface area contributed by atoms with E-state index in [1.165, 1.54) is 57.8 Å². The molecular formula is C16H29N. The summed E-state index contributed by atoms with van der Waals surface area (Å²) in [5, 5.41) is 0. The standard InChI is InChI=1S/C16H29N/c1-13(2)12-16(10-6-7-11-16)15(17)14-8-4-3-5-9-14/h8,13,15H,3-7,9-12,17H2,1-2H3. The van der Waals surface area contributed by atoms with Crippen LogP contribution in [-0.2, 0) is 0 Å². The van der Waals surface area contributed by atoms with Gasteiger partial charge in [0.25, 0.3) is 0 Å². The Morgan fingerprint density at radius 3 is 2.41 bits per heavy atom. The molecule has 0 aromatic rings. The summed E-state index contributed by atoms with van der Waals surface area (Å²) in [6.07, 6.45) is 14.6. The minimum absolute atomic E-state index is 0.354. The van der Waals surface area contributed by atoms with Crippen LogP contribution in [0.2, 0.25) is 0 Å². The van der Waals surface area contributed by atoms with Gasteiger partial charge in [0.05, 0.1) is 0 Å². The van der Waals surface area contributed by atoms with Gasteiger partial charge in [-0.25, -0.2) is 0 Å². The Morgan fingerprint density at radius 1 is 1.18 bits per heavy atom. The molecule has 0 bridgehead atoms. The second kappa shape index (κ2) is 5.56. The fraction of sp³-hybridized carbons (Fsp3) is 0.875. The van der Waals surface area contributed by atoms with E-state index < -0.39 is 0 Å². The minimum Gasteiger partial charge on any atom is -0.324 e. The molecule has 2 aliphatic carbocycles. The van der Waals surface area contributed by atoms with Crippen LogP contribution in [-0.4, -0.2) is 6.04 Å². The highest BCUT2D eigenvalue weighted by molar-refractivity contribution is 5.18. The SMILES string of the molecule is CC(C)CC1(C(N)C2=CCCCC2)CCCC1. The predicted molar refractivity (Wildman–Crippen MR) is 74.9 cm³/mol. The van der Waals surface area contributed by atoms with E-state index in [9.17, 15) is 0 Å². The van der Waals surface area contributed by atoms with Gasteiger partial charge < -0.3 is 5.73 Å². The summed E-state index contributed by atoms with van der Waals surface area (Å²) in [6.45, 7) is 4.70. The first kappa shape index (κ1) is 13.1. The molecule has 1 unspecified atom stereocenters. The first-order chi connectivity index (χ1) is 8.14. The number of hydrogen-bond donors (Lipinski definition) is 1. The van der Waals surface area contributed by atoms with Crippen molar-refractivity contribution in [3.8, 4) is 0 Å². The molecule has 0 heterocycles. The molecule has 1 atom stereocenters. The second-order valence-electron chi connectivity index (χ2n) is 6.67. The number of rotatable bonds is 4. The zero-order valence-corrected chi connectivity index (χ0v) is 11.7. The summed E-state index contributed by atoms with van der Waals surface area (Å²) in [5.41, 5.74) is 8.69. The van der Waals surface area contributed by atoms with Crippen molar-refractivity contribution in [2.24, 2.45) is 17.1 Å². The van der Waals surface area contributed by atoms with Crippen molar-refractivity contribution in [1.82, 2.24) is 0 Å². The molecule has 17 heavy (non-hydrogen) atoms. The van der Waals surface area contributed by atoms with Gasteiger partial charge in [-0.05, 0) is 56.3 Å². The van der Waals surface area contributed by atoms with Crippen molar-refractivity contribution in [2.75, 3.05) is 0 Å². The average molecular weight is 235 g/mol. The molecule has 1 nitrogen and oxygen atoms in total. The van der Waals surface area contributed by atoms with Gasteiger partial charge in [0.1, 0.15) is 0 Å². The Bertz CT molecular complexity index is 271. The first-order valence-corrected chi connectivity index (χ1v) is 7.58. The Hall–Kier alpha value is -0.300. The Balaban J connectivity index is 2.12. The van der Waals surface area contributed by atoms with Crippen LogP contribution in [0.15, 0.2) is 11.6 Å². The van der Waals surface area contributed by atoms with Crippen LogP contribution in [0, 0.1) is 11.3 Å². The topological polar surface area (TPSA) is 26.0 Å². The molecule has 0 saturated heterocycles. The maximum Gasteiger partial charge on any atom is 0.0311 e. The van der Waals surface area contributed by atoms with Crippen molar-refractivity contribution in [1.29, 1.82) is 0 Å². The van der Waals surface area contributed by atoms with Crippen molar-refractivity contribution in [3.05, 3.63) is 11.6 Å². The molecule has 0 aliphatic heterocycles. The van der Waals surface area contributed by atoms with Crippen LogP contribution in [0.1, 0.15) is 71.6 Å². The fourth-order valence-corrected chi connectivity index (χ4v) is 4.07. The van der Waals surface area contributed by atoms with Crippen LogP contribution in [0.25, 0.3) is 0 Å². The maximum absolute atomic E-state index is 6.67. The van der Waals surface area contributed by atoms with E-state index in [4.69, 9.17) is 5.73 Å². The Morgan fingerprint density at radius 2 is 1.88 bits per heavy atom. The summed E-state index contributed by atoms with van der Waals surface area (Å²) >= 11 is 0. The Labute approximate surface area is 107 Å². The highest BCUT2D eigenvalue weighted by Gasteiger charge is 2.41. The van der Waals surface area contributed by atoms with E-state index in [1.807, 2.05) is 0 Å². The van der Waals surface area contributed by atoms with Gasteiger partial charge >= 0.3 is 0 Å². The summed E-state index contributed by atoms with van der Waals surface area (Å²) < 4.78 is 0. The molecule has 1 fully saturated rings. The van der Waals surface area contributed by atoms with Crippen LogP contribution < -0.4 is 5.73 Å². The van der Waals surface area contributed by atoms with Crippen molar-refractivity contribution in [2.45, 2.75) is 77.7 Å². The third-order valence-corrected chi connectivity index (χ3v) is 4.80. The van der Waals surface area contributed by atoms with E-state index in [0.717, 1.165) is 5.92 Å². The zero-order valence-electron chi connectivity index (χ0n) is 11.7. The summed E-state index contributed by atoms with van der Waals surface area (Å²) in [5.74, 6) is 0.781. The lowest BCUT2D eigenvalue weighted by Crippen LogP contribution is -2.42. The van der Waals surface area contributed by atoms with Crippen LogP contribution in [0.5, 0.6) is 0 Å². The summed E-state index contributed by atoms with van der Waals surface area (Å²) in [4.78, 5) is 0. The normalized spacial score (nSPS) is 26.0. The molecule has 2 N–H and O–H groups in total. The molecule has 1 heteroatoms. The van der Waals surface area contributed by atoms with E-state index in [-0.39, 0.29) is 0 Å². The van der Waals surface area contributed by atoms with E-state index in [2.05, 4.69) is 19.9 Å². The largest absolute Gasteiger partial charge is 0.324 e. The summed E-state index contributed by atoms with van der Waals surface area (Å²) in [6, 6.07) is 0.354. The van der Waals surface area contributed by atoms with Gasteiger partial charge in [0.2, 0.25) is 0 Å². The molecule has 0 spiro atoms. The van der Waals surface area contributed by atoms with Crippen LogP contribution in [0.4, 0.5) is 0 Å². The predicted octanol–water partition coefficient (Wildman–Crippen LogP) is 4.42. The number of hydrogen-bond acceptors (Lipinski definition) is 1. The lowest BCUT2D eigenvalue weighted by molar-refractivity contribution is 0.198. The van der Waals surface area contributed by atoms with Gasteiger partial charge in [-0.3, -0.25) is 0 Å². The maximum atomic E-state index is 6.67. The molecule has 0 aromatic heterocycles. The molecule has 2 rings (SSSR count). The molecule has 0 amide bonds. The van der Waals surface area contributed by atoms with Crippen molar-refractivity contribution < 1.29 is 0 Å². The highest BCUT2D eigenvalue weighted by Crippen LogP contribution is 2.47. The molecular weight excluding hydrogens is 206 g/mol. The number of nitrogens with two attached hydrogens (primary N) is 1. The molecule has 1 saturated carbocycles. The van der Waals surface area contributed by atoms with Gasteiger partial charge in [-0.2, -0.15) is 0 Å². The lowest BCUT2D eigenvalue weighted by atomic mass is 9.69. The third-order valence-electron chi connectivity index (χ3n) is 4.80. The molecule has 98 valence electrons. The monoisotopic (exact) mass is 235 g/mol. The van der Waals surface area contributed by atoms with Crippen LogP contribution in [0.3, 0.4) is 0 Å². The van der Waals surface area contributed by atoms with E-state index in [1.54, 1.807) is 5.57 Å². The van der Waals surface area contributed by atoms with E-state index >= 15 is 0 Å². The Kier molecular flexibility index (Phi) is 4.30. The number of allylic oxidation sites excluding steroid dienone is 1. The first-order valence-electron chi connectivity index (χ1n) is 7.58. The summed E-state index contributed by atoms with van der Waals surface area (Å²) in [7, 11) is 0. The van der Waals surface area contributed by atoms with Gasteiger partial charge in [-0.1, -0.05) is 38.3 Å². The highest BCUT2D eigenvalue weighted by atomic mass is 14.7. The second-order valence-corrected chi connectivity index (χ2v) is 6.67. The average Bonchev–Trinajstić information content (AvgIpc) is 2.78. The molecule has 2 aliphatic rings. The van der Waals surface area contributed by atoms with Crippen molar-refractivity contribution >= 4 is 0 Å². The zero-order chi connectivity index (χ0) is 12.3. The lowest BCUT2D eigenvalue weighted by Gasteiger charge is -2.39. The smallest absolute Gasteiger partial charge is 0.0311 e. The minimum atomic E-state index is 0.354. The molecule has 0 aromatic carbocycles. The quantitative estimate of drug-likeness (QED) is 0.717. The van der Waals surface area contributed by atoms with Gasteiger partial charge in [-0.15, -0.1) is 0 Å². The van der Waals surface area contributed by atoms with Crippen molar-refractivity contribution in [3.63, 3.8) is 0 Å². The molecule has 0 radical (unpaired) electrons. The fourth-order valence-electron chi connectivity index (χ4n) is 4.07. The third kappa shape index (κ3) is 2.93. The van der Waals surface area contributed by atoms with Crippen LogP contribution >= 0.6 is 0 Å². The van der Waals surface area contributed by atoms with Gasteiger partial charge in [0.15, 0.2) is 0 Å². The van der Waals surface area contributed by atoms with Gasteiger partial charge in [0, 0.05) is 6.04 Å². The van der Waals surface area contributed by atoms with E-state index in [0.29, 0.717) is 11.5 Å².